The first-order valence-corrected chi connectivity index (χ1v) is 7.30. The maximum absolute atomic E-state index is 11.6. The van der Waals surface area contributed by atoms with Crippen molar-refractivity contribution in [2.75, 3.05) is 19.2 Å². The van der Waals surface area contributed by atoms with Crippen LogP contribution in [0.5, 0.6) is 5.75 Å². The van der Waals surface area contributed by atoms with Crippen LogP contribution in [-0.2, 0) is 4.79 Å². The molecular formula is C14H17NO2S. The molecule has 0 aliphatic carbocycles. The molecule has 0 radical (unpaired) electrons. The lowest BCUT2D eigenvalue weighted by atomic mass is 10.1. The number of rotatable bonds is 4. The van der Waals surface area contributed by atoms with Gasteiger partial charge in [-0.2, -0.15) is 0 Å². The van der Waals surface area contributed by atoms with Crippen LogP contribution in [0, 0.1) is 0 Å². The van der Waals surface area contributed by atoms with Crippen molar-refractivity contribution in [3.63, 3.8) is 0 Å². The number of hydrogen-bond donors (Lipinski definition) is 0. The molecule has 0 unspecified atom stereocenters. The quantitative estimate of drug-likeness (QED) is 0.782. The molecule has 0 bridgehead atoms. The van der Waals surface area contributed by atoms with Gasteiger partial charge >= 0.3 is 0 Å². The summed E-state index contributed by atoms with van der Waals surface area (Å²) in [6, 6.07) is 7.88. The van der Waals surface area contributed by atoms with Gasteiger partial charge in [0, 0.05) is 19.2 Å². The molecule has 0 atom stereocenters. The second-order valence-electron chi connectivity index (χ2n) is 4.16. The standard InChI is InChI=1S/C14H17NO2S/c1-15-13(4-3-5-14(15)16)11-6-8-12(9-7-11)17-10-18-2/h4,6-9H,3,5,10H2,1-2H3. The van der Waals surface area contributed by atoms with Gasteiger partial charge in [0.1, 0.15) is 11.7 Å². The van der Waals surface area contributed by atoms with Crippen LogP contribution < -0.4 is 4.74 Å². The van der Waals surface area contributed by atoms with E-state index in [1.807, 2.05) is 37.6 Å². The summed E-state index contributed by atoms with van der Waals surface area (Å²) >= 11 is 1.64. The minimum atomic E-state index is 0.176. The molecule has 0 saturated heterocycles. The largest absolute Gasteiger partial charge is 0.483 e. The van der Waals surface area contributed by atoms with Gasteiger partial charge in [-0.3, -0.25) is 4.79 Å². The fourth-order valence-corrected chi connectivity index (χ4v) is 2.19. The zero-order valence-corrected chi connectivity index (χ0v) is 11.5. The van der Waals surface area contributed by atoms with Gasteiger partial charge in [-0.15, -0.1) is 11.8 Å². The summed E-state index contributed by atoms with van der Waals surface area (Å²) in [6.45, 7) is 0. The molecule has 1 aromatic rings. The Balaban J connectivity index is 2.14. The lowest BCUT2D eigenvalue weighted by Crippen LogP contribution is -2.27. The Hall–Kier alpha value is -1.42. The minimum Gasteiger partial charge on any atom is -0.483 e. The number of hydrogen-bond acceptors (Lipinski definition) is 3. The third kappa shape index (κ3) is 2.88. The maximum Gasteiger partial charge on any atom is 0.227 e. The Morgan fingerprint density at radius 1 is 1.33 bits per heavy atom. The number of nitrogens with zero attached hydrogens (tertiary/aromatic N) is 1. The Morgan fingerprint density at radius 3 is 2.72 bits per heavy atom. The van der Waals surface area contributed by atoms with Crippen molar-refractivity contribution >= 4 is 23.4 Å². The van der Waals surface area contributed by atoms with Crippen LogP contribution in [0.15, 0.2) is 30.3 Å². The van der Waals surface area contributed by atoms with E-state index in [0.29, 0.717) is 12.4 Å². The highest BCUT2D eigenvalue weighted by Gasteiger charge is 2.18. The van der Waals surface area contributed by atoms with Gasteiger partial charge in [0.2, 0.25) is 5.91 Å². The lowest BCUT2D eigenvalue weighted by Gasteiger charge is -2.24. The van der Waals surface area contributed by atoms with Crippen molar-refractivity contribution in [2.45, 2.75) is 12.8 Å². The van der Waals surface area contributed by atoms with E-state index in [2.05, 4.69) is 6.08 Å². The van der Waals surface area contributed by atoms with Crippen molar-refractivity contribution in [1.82, 2.24) is 4.90 Å². The van der Waals surface area contributed by atoms with E-state index >= 15 is 0 Å². The number of ether oxygens (including phenoxy) is 1. The van der Waals surface area contributed by atoms with Gasteiger partial charge in [-0.25, -0.2) is 0 Å². The third-order valence-corrected chi connectivity index (χ3v) is 3.28. The number of carbonyl (C=O) groups excluding carboxylic acids is 1. The first-order valence-electron chi connectivity index (χ1n) is 5.91. The number of amides is 1. The van der Waals surface area contributed by atoms with E-state index in [4.69, 9.17) is 4.74 Å². The molecule has 0 aromatic heterocycles. The number of thioether (sulfide) groups is 1. The van der Waals surface area contributed by atoms with Crippen molar-refractivity contribution < 1.29 is 9.53 Å². The summed E-state index contributed by atoms with van der Waals surface area (Å²) in [7, 11) is 1.82. The van der Waals surface area contributed by atoms with Crippen LogP contribution in [0.4, 0.5) is 0 Å². The maximum atomic E-state index is 11.6. The summed E-state index contributed by atoms with van der Waals surface area (Å²) in [5.41, 5.74) is 2.05. The molecule has 18 heavy (non-hydrogen) atoms. The molecule has 1 aliphatic rings. The molecule has 1 amide bonds. The van der Waals surface area contributed by atoms with Gasteiger partial charge in [0.05, 0.1) is 0 Å². The van der Waals surface area contributed by atoms with Crippen LogP contribution in [-0.4, -0.2) is 30.0 Å². The number of allylic oxidation sites excluding steroid dienone is 1. The Bertz CT molecular complexity index is 453. The van der Waals surface area contributed by atoms with Gasteiger partial charge in [-0.05, 0) is 42.5 Å². The summed E-state index contributed by atoms with van der Waals surface area (Å²) < 4.78 is 5.51. The highest BCUT2D eigenvalue weighted by molar-refractivity contribution is 7.98. The molecule has 1 heterocycles. The lowest BCUT2D eigenvalue weighted by molar-refractivity contribution is -0.127. The molecule has 3 nitrogen and oxygen atoms in total. The van der Waals surface area contributed by atoms with Crippen molar-refractivity contribution in [3.8, 4) is 5.75 Å². The zero-order chi connectivity index (χ0) is 13.0. The third-order valence-electron chi connectivity index (χ3n) is 2.92. The molecule has 0 fully saturated rings. The predicted octanol–water partition coefficient (Wildman–Crippen LogP) is 2.98. The molecular weight excluding hydrogens is 246 g/mol. The normalized spacial score (nSPS) is 15.6. The van der Waals surface area contributed by atoms with E-state index in [1.165, 1.54) is 0 Å². The van der Waals surface area contributed by atoms with Crippen molar-refractivity contribution in [3.05, 3.63) is 35.9 Å². The molecule has 0 spiro atoms. The monoisotopic (exact) mass is 263 g/mol. The molecule has 96 valence electrons. The summed E-state index contributed by atoms with van der Waals surface area (Å²) in [6.07, 6.45) is 5.54. The second-order valence-corrected chi connectivity index (χ2v) is 4.97. The number of carbonyl (C=O) groups is 1. The first-order chi connectivity index (χ1) is 8.72. The smallest absolute Gasteiger partial charge is 0.227 e. The Kier molecular flexibility index (Phi) is 4.31. The average molecular weight is 263 g/mol. The van der Waals surface area contributed by atoms with E-state index in [0.717, 1.165) is 23.4 Å². The minimum absolute atomic E-state index is 0.176. The van der Waals surface area contributed by atoms with Crippen molar-refractivity contribution in [1.29, 1.82) is 0 Å². The summed E-state index contributed by atoms with van der Waals surface area (Å²) in [5, 5.41) is 0. The van der Waals surface area contributed by atoms with Crippen LogP contribution in [0.3, 0.4) is 0 Å². The van der Waals surface area contributed by atoms with Crippen LogP contribution in [0.25, 0.3) is 5.70 Å². The summed E-state index contributed by atoms with van der Waals surface area (Å²) in [4.78, 5) is 13.4. The zero-order valence-electron chi connectivity index (χ0n) is 10.7. The van der Waals surface area contributed by atoms with Crippen LogP contribution in [0.2, 0.25) is 0 Å². The molecule has 1 aliphatic heterocycles. The number of benzene rings is 1. The highest BCUT2D eigenvalue weighted by atomic mass is 32.2. The molecule has 0 saturated carbocycles. The fourth-order valence-electron chi connectivity index (χ4n) is 1.93. The van der Waals surface area contributed by atoms with Gasteiger partial charge in [0.15, 0.2) is 0 Å². The highest BCUT2D eigenvalue weighted by Crippen LogP contribution is 2.25. The van der Waals surface area contributed by atoms with Crippen LogP contribution in [0.1, 0.15) is 18.4 Å². The molecule has 4 heteroatoms. The Labute approximate surface area is 112 Å². The molecule has 1 aromatic carbocycles. The van der Waals surface area contributed by atoms with E-state index in [-0.39, 0.29) is 5.91 Å². The predicted molar refractivity (Wildman–Crippen MR) is 75.4 cm³/mol. The van der Waals surface area contributed by atoms with Gasteiger partial charge in [0.25, 0.3) is 0 Å². The van der Waals surface area contributed by atoms with Crippen molar-refractivity contribution in [2.24, 2.45) is 0 Å². The Morgan fingerprint density at radius 2 is 2.06 bits per heavy atom. The SMILES string of the molecule is CSCOc1ccc(C2=CCCC(=O)N2C)cc1. The van der Waals surface area contributed by atoms with E-state index in [1.54, 1.807) is 16.7 Å². The average Bonchev–Trinajstić information content (AvgIpc) is 2.40. The molecule has 2 rings (SSSR count). The molecule has 0 N–H and O–H groups in total. The van der Waals surface area contributed by atoms with Gasteiger partial charge < -0.3 is 9.64 Å². The fraction of sp³-hybridized carbons (Fsp3) is 0.357. The summed E-state index contributed by atoms with van der Waals surface area (Å²) in [5.74, 6) is 1.69. The first kappa shape index (κ1) is 13.0. The topological polar surface area (TPSA) is 29.5 Å². The van der Waals surface area contributed by atoms with E-state index in [9.17, 15) is 4.79 Å². The second kappa shape index (κ2) is 5.96. The van der Waals surface area contributed by atoms with E-state index < -0.39 is 0 Å². The van der Waals surface area contributed by atoms with Crippen LogP contribution >= 0.6 is 11.8 Å². The van der Waals surface area contributed by atoms with Gasteiger partial charge in [-0.1, -0.05) is 6.08 Å².